The number of benzene rings is 1. The quantitative estimate of drug-likeness (QED) is 0.729. The number of nitrogens with zero attached hydrogens (tertiary/aromatic N) is 3. The summed E-state index contributed by atoms with van der Waals surface area (Å²) in [6.07, 6.45) is 5.80. The van der Waals surface area contributed by atoms with E-state index in [0.717, 1.165) is 41.1 Å². The van der Waals surface area contributed by atoms with Crippen molar-refractivity contribution in [1.82, 2.24) is 14.5 Å². The monoisotopic (exact) mass is 252 g/mol. The molecule has 0 radical (unpaired) electrons. The van der Waals surface area contributed by atoms with E-state index in [4.69, 9.17) is 5.73 Å². The molecular formula is C15H16N4. The predicted octanol–water partition coefficient (Wildman–Crippen LogP) is 2.96. The highest BCUT2D eigenvalue weighted by atomic mass is 15.1. The Balaban J connectivity index is 2.10. The van der Waals surface area contributed by atoms with Crippen LogP contribution < -0.4 is 5.73 Å². The van der Waals surface area contributed by atoms with E-state index in [1.807, 2.05) is 47.3 Å². The Morgan fingerprint density at radius 3 is 2.95 bits per heavy atom. The van der Waals surface area contributed by atoms with Gasteiger partial charge in [0.1, 0.15) is 11.6 Å². The van der Waals surface area contributed by atoms with Crippen molar-refractivity contribution >= 4 is 16.6 Å². The van der Waals surface area contributed by atoms with Crippen LogP contribution in [0.2, 0.25) is 0 Å². The normalized spacial score (nSPS) is 11.0. The fourth-order valence-electron chi connectivity index (χ4n) is 2.22. The fourth-order valence-corrected chi connectivity index (χ4v) is 2.22. The summed E-state index contributed by atoms with van der Waals surface area (Å²) in [5.74, 6) is 1.95. The van der Waals surface area contributed by atoms with Crippen molar-refractivity contribution < 1.29 is 0 Å². The number of hydrogen-bond acceptors (Lipinski definition) is 3. The second kappa shape index (κ2) is 4.72. The fraction of sp³-hybridized carbons (Fsp3) is 0.200. The zero-order chi connectivity index (χ0) is 13.2. The van der Waals surface area contributed by atoms with Gasteiger partial charge in [0.25, 0.3) is 0 Å². The van der Waals surface area contributed by atoms with E-state index in [2.05, 4.69) is 16.9 Å². The van der Waals surface area contributed by atoms with E-state index < -0.39 is 0 Å². The van der Waals surface area contributed by atoms with E-state index in [1.165, 1.54) is 0 Å². The molecule has 0 bridgehead atoms. The molecule has 0 aliphatic heterocycles. The molecule has 0 spiro atoms. The van der Waals surface area contributed by atoms with E-state index in [0.29, 0.717) is 0 Å². The van der Waals surface area contributed by atoms with Gasteiger partial charge in [-0.15, -0.1) is 0 Å². The van der Waals surface area contributed by atoms with Crippen molar-refractivity contribution in [3.05, 3.63) is 48.5 Å². The smallest absolute Gasteiger partial charge is 0.138 e. The maximum absolute atomic E-state index is 5.78. The highest BCUT2D eigenvalue weighted by Gasteiger charge is 2.06. The van der Waals surface area contributed by atoms with Crippen LogP contribution in [0.15, 0.2) is 42.7 Å². The number of nitrogens with two attached hydrogens (primary N) is 1. The van der Waals surface area contributed by atoms with Crippen LogP contribution in [0.1, 0.15) is 19.2 Å². The molecule has 2 N–H and O–H groups in total. The molecular weight excluding hydrogens is 236 g/mol. The van der Waals surface area contributed by atoms with E-state index in [1.54, 1.807) is 0 Å². The maximum atomic E-state index is 5.78. The number of hydrogen-bond donors (Lipinski definition) is 1. The largest absolute Gasteiger partial charge is 0.399 e. The molecule has 1 aromatic carbocycles. The molecule has 0 atom stereocenters. The van der Waals surface area contributed by atoms with Crippen LogP contribution in [0.25, 0.3) is 16.7 Å². The Morgan fingerprint density at radius 1 is 1.21 bits per heavy atom. The number of aromatic nitrogens is 3. The van der Waals surface area contributed by atoms with E-state index >= 15 is 0 Å². The molecule has 0 saturated carbocycles. The van der Waals surface area contributed by atoms with Gasteiger partial charge in [0.05, 0.1) is 5.52 Å². The summed E-state index contributed by atoms with van der Waals surface area (Å²) in [7, 11) is 0. The van der Waals surface area contributed by atoms with Gasteiger partial charge in [-0.25, -0.2) is 9.97 Å². The highest BCUT2D eigenvalue weighted by Crippen LogP contribution is 2.18. The number of fused-ring (bicyclic) bond motifs is 1. The van der Waals surface area contributed by atoms with Crippen molar-refractivity contribution in [2.24, 2.45) is 0 Å². The molecule has 4 heteroatoms. The van der Waals surface area contributed by atoms with Gasteiger partial charge < -0.3 is 5.73 Å². The molecule has 0 amide bonds. The molecule has 0 fully saturated rings. The SMILES string of the molecule is CCCc1nccn1-c1ccc2cc(N)ccc2n1. The first-order chi connectivity index (χ1) is 9.28. The number of aryl methyl sites for hydroxylation is 1. The molecule has 2 aromatic heterocycles. The summed E-state index contributed by atoms with van der Waals surface area (Å²) < 4.78 is 2.04. The summed E-state index contributed by atoms with van der Waals surface area (Å²) >= 11 is 0. The topological polar surface area (TPSA) is 56.7 Å². The first-order valence-corrected chi connectivity index (χ1v) is 6.47. The van der Waals surface area contributed by atoms with E-state index in [9.17, 15) is 0 Å². The van der Waals surface area contributed by atoms with Crippen molar-refractivity contribution in [2.45, 2.75) is 19.8 Å². The van der Waals surface area contributed by atoms with Crippen LogP contribution in [0.3, 0.4) is 0 Å². The molecule has 0 aliphatic carbocycles. The summed E-state index contributed by atoms with van der Waals surface area (Å²) in [4.78, 5) is 9.05. The lowest BCUT2D eigenvalue weighted by Crippen LogP contribution is -2.02. The Hall–Kier alpha value is -2.36. The number of rotatable bonds is 3. The lowest BCUT2D eigenvalue weighted by molar-refractivity contribution is 0.800. The molecule has 3 rings (SSSR count). The van der Waals surface area contributed by atoms with Crippen molar-refractivity contribution in [3.63, 3.8) is 0 Å². The second-order valence-electron chi connectivity index (χ2n) is 4.59. The summed E-state index contributed by atoms with van der Waals surface area (Å²) in [6, 6.07) is 9.81. The van der Waals surface area contributed by atoms with Gasteiger partial charge in [-0.2, -0.15) is 0 Å². The molecule has 0 saturated heterocycles. The van der Waals surface area contributed by atoms with Gasteiger partial charge in [-0.3, -0.25) is 4.57 Å². The minimum atomic E-state index is 0.761. The summed E-state index contributed by atoms with van der Waals surface area (Å²) in [5.41, 5.74) is 7.48. The zero-order valence-electron chi connectivity index (χ0n) is 10.9. The molecule has 19 heavy (non-hydrogen) atoms. The van der Waals surface area contributed by atoms with Gasteiger partial charge in [0.15, 0.2) is 0 Å². The van der Waals surface area contributed by atoms with Crippen LogP contribution in [-0.4, -0.2) is 14.5 Å². The Kier molecular flexibility index (Phi) is 2.91. The van der Waals surface area contributed by atoms with Crippen LogP contribution >= 0.6 is 0 Å². The zero-order valence-corrected chi connectivity index (χ0v) is 10.9. The standard InChI is InChI=1S/C15H16N4/c1-2-3-14-17-8-9-19(14)15-7-4-11-10-12(16)5-6-13(11)18-15/h4-10H,2-3,16H2,1H3. The Labute approximate surface area is 111 Å². The van der Waals surface area contributed by atoms with Gasteiger partial charge >= 0.3 is 0 Å². The molecule has 96 valence electrons. The first kappa shape index (κ1) is 11.7. The minimum absolute atomic E-state index is 0.761. The third kappa shape index (κ3) is 2.17. The molecule has 0 unspecified atom stereocenters. The number of anilines is 1. The van der Waals surface area contributed by atoms with E-state index in [-0.39, 0.29) is 0 Å². The van der Waals surface area contributed by atoms with Crippen LogP contribution in [0, 0.1) is 0 Å². The average molecular weight is 252 g/mol. The molecule has 0 aliphatic rings. The predicted molar refractivity (Wildman–Crippen MR) is 77.3 cm³/mol. The Bertz CT molecular complexity index is 715. The second-order valence-corrected chi connectivity index (χ2v) is 4.59. The molecule has 3 aromatic rings. The third-order valence-corrected chi connectivity index (χ3v) is 3.14. The van der Waals surface area contributed by atoms with Gasteiger partial charge in [-0.1, -0.05) is 6.92 Å². The number of nitrogen functional groups attached to an aromatic ring is 1. The number of pyridine rings is 1. The van der Waals surface area contributed by atoms with Crippen LogP contribution in [0.4, 0.5) is 5.69 Å². The lowest BCUT2D eigenvalue weighted by atomic mass is 10.2. The third-order valence-electron chi connectivity index (χ3n) is 3.14. The van der Waals surface area contributed by atoms with Gasteiger partial charge in [0.2, 0.25) is 0 Å². The van der Waals surface area contributed by atoms with Crippen LogP contribution in [0.5, 0.6) is 0 Å². The van der Waals surface area contributed by atoms with Crippen molar-refractivity contribution in [1.29, 1.82) is 0 Å². The molecule has 4 nitrogen and oxygen atoms in total. The van der Waals surface area contributed by atoms with Crippen LogP contribution in [-0.2, 0) is 6.42 Å². The lowest BCUT2D eigenvalue weighted by Gasteiger charge is -2.07. The summed E-state index contributed by atoms with van der Waals surface area (Å²) in [6.45, 7) is 2.15. The summed E-state index contributed by atoms with van der Waals surface area (Å²) in [5, 5.41) is 1.06. The first-order valence-electron chi connectivity index (χ1n) is 6.47. The average Bonchev–Trinajstić information content (AvgIpc) is 2.87. The Morgan fingerprint density at radius 2 is 2.11 bits per heavy atom. The van der Waals surface area contributed by atoms with Crippen molar-refractivity contribution in [2.75, 3.05) is 5.73 Å². The van der Waals surface area contributed by atoms with Gasteiger partial charge in [-0.05, 0) is 36.8 Å². The van der Waals surface area contributed by atoms with Crippen molar-refractivity contribution in [3.8, 4) is 5.82 Å². The van der Waals surface area contributed by atoms with Gasteiger partial charge in [0, 0.05) is 29.9 Å². The molecule has 2 heterocycles. The number of imidazole rings is 1. The minimum Gasteiger partial charge on any atom is -0.399 e. The highest BCUT2D eigenvalue weighted by molar-refractivity contribution is 5.82. The maximum Gasteiger partial charge on any atom is 0.138 e.